The first-order valence-electron chi connectivity index (χ1n) is 6.16. The molecular weight excluding hydrogens is 256 g/mol. The Morgan fingerprint density at radius 3 is 2.65 bits per heavy atom. The topological polar surface area (TPSA) is 100 Å². The van der Waals surface area contributed by atoms with Gasteiger partial charge in [-0.25, -0.2) is 0 Å². The van der Waals surface area contributed by atoms with Crippen molar-refractivity contribution in [2.45, 2.75) is 6.42 Å². The van der Waals surface area contributed by atoms with Gasteiger partial charge in [-0.3, -0.25) is 15.6 Å². The molecule has 0 atom stereocenters. The molecule has 2 rings (SSSR count). The maximum atomic E-state index is 12.1. The van der Waals surface area contributed by atoms with Crippen molar-refractivity contribution >= 4 is 17.3 Å². The number of rotatable bonds is 5. The molecule has 5 N–H and O–H groups in total. The van der Waals surface area contributed by atoms with Crippen LogP contribution in [0.2, 0.25) is 0 Å². The number of hydrogen-bond donors (Lipinski definition) is 4. The monoisotopic (exact) mass is 272 g/mol. The lowest BCUT2D eigenvalue weighted by atomic mass is 10.1. The number of hydrazine groups is 1. The van der Waals surface area contributed by atoms with Crippen LogP contribution in [-0.4, -0.2) is 22.6 Å². The van der Waals surface area contributed by atoms with E-state index in [4.69, 9.17) is 10.9 Å². The average molecular weight is 272 g/mol. The largest absolute Gasteiger partial charge is 0.396 e. The lowest BCUT2D eigenvalue weighted by Crippen LogP contribution is -2.17. The fourth-order valence-electron chi connectivity index (χ4n) is 1.78. The van der Waals surface area contributed by atoms with E-state index in [1.165, 1.54) is 6.20 Å². The number of carbonyl (C=O) groups excluding carboxylic acids is 1. The van der Waals surface area contributed by atoms with Crippen LogP contribution in [0.4, 0.5) is 11.4 Å². The molecule has 0 aliphatic carbocycles. The summed E-state index contributed by atoms with van der Waals surface area (Å²) in [5.74, 6) is 5.06. The third kappa shape index (κ3) is 3.31. The van der Waals surface area contributed by atoms with E-state index < -0.39 is 0 Å². The molecule has 0 saturated heterocycles. The van der Waals surface area contributed by atoms with Gasteiger partial charge in [-0.05, 0) is 30.2 Å². The highest BCUT2D eigenvalue weighted by Gasteiger charge is 2.11. The number of pyridine rings is 1. The molecule has 1 heterocycles. The summed E-state index contributed by atoms with van der Waals surface area (Å²) in [5.41, 5.74) is 5.02. The highest BCUT2D eigenvalue weighted by atomic mass is 16.2. The van der Waals surface area contributed by atoms with Crippen molar-refractivity contribution in [2.24, 2.45) is 5.84 Å². The molecule has 1 aromatic heterocycles. The van der Waals surface area contributed by atoms with E-state index in [1.807, 2.05) is 12.1 Å². The number of aliphatic hydroxyl groups excluding tert-OH is 1. The van der Waals surface area contributed by atoms with Gasteiger partial charge in [0, 0.05) is 24.7 Å². The third-order valence-corrected chi connectivity index (χ3v) is 2.83. The zero-order valence-corrected chi connectivity index (χ0v) is 10.8. The van der Waals surface area contributed by atoms with Gasteiger partial charge in [0.25, 0.3) is 5.91 Å². The van der Waals surface area contributed by atoms with E-state index in [0.717, 1.165) is 5.56 Å². The molecule has 0 unspecified atom stereocenters. The smallest absolute Gasteiger partial charge is 0.259 e. The van der Waals surface area contributed by atoms with E-state index in [-0.39, 0.29) is 12.5 Å². The minimum absolute atomic E-state index is 0.104. The van der Waals surface area contributed by atoms with Crippen molar-refractivity contribution in [3.63, 3.8) is 0 Å². The van der Waals surface area contributed by atoms with Crippen LogP contribution in [0.15, 0.2) is 42.7 Å². The van der Waals surface area contributed by atoms with Crippen LogP contribution >= 0.6 is 0 Å². The van der Waals surface area contributed by atoms with Crippen LogP contribution < -0.4 is 16.6 Å². The molecule has 2 aromatic rings. The summed E-state index contributed by atoms with van der Waals surface area (Å²) in [5, 5.41) is 11.6. The maximum absolute atomic E-state index is 12.1. The highest BCUT2D eigenvalue weighted by Crippen LogP contribution is 2.16. The Hall–Kier alpha value is -2.44. The predicted octanol–water partition coefficient (Wildman–Crippen LogP) is 1.15. The van der Waals surface area contributed by atoms with E-state index in [0.29, 0.717) is 23.4 Å². The van der Waals surface area contributed by atoms with Gasteiger partial charge in [0.05, 0.1) is 11.3 Å². The summed E-state index contributed by atoms with van der Waals surface area (Å²) in [6.45, 7) is 0.104. The predicted molar refractivity (Wildman–Crippen MR) is 77.2 cm³/mol. The van der Waals surface area contributed by atoms with Gasteiger partial charge in [-0.2, -0.15) is 0 Å². The number of carbonyl (C=O) groups is 1. The summed E-state index contributed by atoms with van der Waals surface area (Å²) < 4.78 is 0. The Bertz CT molecular complexity index is 584. The molecular formula is C14H16N4O2. The zero-order chi connectivity index (χ0) is 14.4. The summed E-state index contributed by atoms with van der Waals surface area (Å²) in [6.07, 6.45) is 3.60. The van der Waals surface area contributed by atoms with E-state index in [1.54, 1.807) is 24.4 Å². The molecule has 0 fully saturated rings. The molecule has 1 amide bonds. The standard InChI is InChI=1S/C14H16N4O2/c15-18-13-5-7-16-9-12(13)14(20)17-11-3-1-10(2-4-11)6-8-19/h1-5,7,9,19H,6,8,15H2,(H,16,18)(H,17,20). The number of nitrogens with one attached hydrogen (secondary N) is 2. The number of hydrogen-bond acceptors (Lipinski definition) is 5. The molecule has 1 aromatic carbocycles. The summed E-state index contributed by atoms with van der Waals surface area (Å²) in [6, 6.07) is 8.91. The number of aromatic nitrogens is 1. The van der Waals surface area contributed by atoms with Gasteiger partial charge in [0.2, 0.25) is 0 Å². The van der Waals surface area contributed by atoms with E-state index in [9.17, 15) is 4.79 Å². The van der Waals surface area contributed by atoms with Crippen LogP contribution in [0.3, 0.4) is 0 Å². The quantitative estimate of drug-likeness (QED) is 0.483. The zero-order valence-electron chi connectivity index (χ0n) is 10.8. The molecule has 0 saturated carbocycles. The Balaban J connectivity index is 2.11. The summed E-state index contributed by atoms with van der Waals surface area (Å²) in [7, 11) is 0. The SMILES string of the molecule is NNc1ccncc1C(=O)Nc1ccc(CCO)cc1. The molecule has 0 bridgehead atoms. The van der Waals surface area contributed by atoms with Crippen molar-refractivity contribution in [2.75, 3.05) is 17.3 Å². The van der Waals surface area contributed by atoms with Crippen LogP contribution in [0, 0.1) is 0 Å². The normalized spacial score (nSPS) is 10.1. The van der Waals surface area contributed by atoms with Crippen LogP contribution in [0.1, 0.15) is 15.9 Å². The second kappa shape index (κ2) is 6.65. The number of anilines is 2. The van der Waals surface area contributed by atoms with E-state index in [2.05, 4.69) is 15.7 Å². The maximum Gasteiger partial charge on any atom is 0.259 e. The second-order valence-electron chi connectivity index (χ2n) is 4.19. The second-order valence-corrected chi connectivity index (χ2v) is 4.19. The lowest BCUT2D eigenvalue weighted by molar-refractivity contribution is 0.102. The van der Waals surface area contributed by atoms with Crippen molar-refractivity contribution in [3.8, 4) is 0 Å². The molecule has 0 spiro atoms. The minimum atomic E-state index is -0.291. The average Bonchev–Trinajstić information content (AvgIpc) is 2.49. The highest BCUT2D eigenvalue weighted by molar-refractivity contribution is 6.07. The number of aliphatic hydroxyl groups is 1. The first-order valence-corrected chi connectivity index (χ1v) is 6.16. The number of amides is 1. The van der Waals surface area contributed by atoms with Crippen LogP contribution in [0.25, 0.3) is 0 Å². The molecule has 104 valence electrons. The Morgan fingerprint density at radius 1 is 1.25 bits per heavy atom. The summed E-state index contributed by atoms with van der Waals surface area (Å²) >= 11 is 0. The van der Waals surface area contributed by atoms with Gasteiger partial charge in [-0.15, -0.1) is 0 Å². The van der Waals surface area contributed by atoms with Crippen molar-refractivity contribution in [1.29, 1.82) is 0 Å². The number of benzene rings is 1. The van der Waals surface area contributed by atoms with Gasteiger partial charge in [0.1, 0.15) is 0 Å². The van der Waals surface area contributed by atoms with E-state index >= 15 is 0 Å². The molecule has 0 radical (unpaired) electrons. The number of nitrogens with zero attached hydrogens (tertiary/aromatic N) is 1. The van der Waals surface area contributed by atoms with Crippen molar-refractivity contribution in [3.05, 3.63) is 53.9 Å². The Kier molecular flexibility index (Phi) is 4.65. The third-order valence-electron chi connectivity index (χ3n) is 2.83. The molecule has 0 aliphatic rings. The molecule has 20 heavy (non-hydrogen) atoms. The van der Waals surface area contributed by atoms with Gasteiger partial charge >= 0.3 is 0 Å². The lowest BCUT2D eigenvalue weighted by Gasteiger charge is -2.09. The molecule has 0 aliphatic heterocycles. The summed E-state index contributed by atoms with van der Waals surface area (Å²) in [4.78, 5) is 16.0. The Labute approximate surface area is 116 Å². The number of nitrogen functional groups attached to an aromatic ring is 1. The van der Waals surface area contributed by atoms with Gasteiger partial charge in [-0.1, -0.05) is 12.1 Å². The molecule has 6 nitrogen and oxygen atoms in total. The van der Waals surface area contributed by atoms with Crippen LogP contribution in [0.5, 0.6) is 0 Å². The number of nitrogens with two attached hydrogens (primary N) is 1. The Morgan fingerprint density at radius 2 is 2.00 bits per heavy atom. The molecule has 6 heteroatoms. The van der Waals surface area contributed by atoms with Gasteiger partial charge in [0.15, 0.2) is 0 Å². The first-order chi connectivity index (χ1) is 9.74. The fraction of sp³-hybridized carbons (Fsp3) is 0.143. The minimum Gasteiger partial charge on any atom is -0.396 e. The van der Waals surface area contributed by atoms with Gasteiger partial charge < -0.3 is 15.8 Å². The first kappa shape index (κ1) is 14.0. The van der Waals surface area contributed by atoms with Crippen molar-refractivity contribution in [1.82, 2.24) is 4.98 Å². The van der Waals surface area contributed by atoms with Crippen LogP contribution in [-0.2, 0) is 6.42 Å². The van der Waals surface area contributed by atoms with Crippen molar-refractivity contribution < 1.29 is 9.90 Å². The fourth-order valence-corrected chi connectivity index (χ4v) is 1.78.